The fraction of sp³-hybridized carbons (Fsp3) is 0.688. The summed E-state index contributed by atoms with van der Waals surface area (Å²) in [6.45, 7) is 3.59. The minimum Gasteiger partial charge on any atom is -0.480 e. The Bertz CT molecular complexity index is 575. The molecule has 2 fully saturated rings. The van der Waals surface area contributed by atoms with Crippen LogP contribution in [0.1, 0.15) is 49.1 Å². The van der Waals surface area contributed by atoms with E-state index in [0.717, 1.165) is 31.2 Å². The van der Waals surface area contributed by atoms with Gasteiger partial charge in [0, 0.05) is 11.6 Å². The van der Waals surface area contributed by atoms with Crippen molar-refractivity contribution in [1.29, 1.82) is 0 Å². The van der Waals surface area contributed by atoms with Gasteiger partial charge in [-0.15, -0.1) is 0 Å². The fourth-order valence-corrected chi connectivity index (χ4v) is 4.04. The number of carbonyl (C=O) groups is 2. The molecule has 1 aliphatic heterocycles. The van der Waals surface area contributed by atoms with Crippen LogP contribution in [0.4, 0.5) is 0 Å². The lowest BCUT2D eigenvalue weighted by molar-refractivity contribution is -0.149. The van der Waals surface area contributed by atoms with Crippen molar-refractivity contribution in [2.24, 2.45) is 5.92 Å². The van der Waals surface area contributed by atoms with E-state index in [2.05, 4.69) is 5.16 Å². The Balaban J connectivity index is 1.83. The SMILES string of the molecule is Cc1noc(C)c1CC(=O)N1[C@@H]2CCCC[C@H]2C[C@H]1C(=O)O. The van der Waals surface area contributed by atoms with E-state index in [-0.39, 0.29) is 18.4 Å². The molecule has 3 atom stereocenters. The van der Waals surface area contributed by atoms with Crippen LogP contribution in [0.15, 0.2) is 4.52 Å². The highest BCUT2D eigenvalue weighted by Crippen LogP contribution is 2.40. The molecule has 6 heteroatoms. The van der Waals surface area contributed by atoms with E-state index < -0.39 is 12.0 Å². The summed E-state index contributed by atoms with van der Waals surface area (Å²) in [6.07, 6.45) is 4.93. The molecule has 0 aromatic carbocycles. The van der Waals surface area contributed by atoms with Crippen LogP contribution in [0, 0.1) is 19.8 Å². The molecule has 0 bridgehead atoms. The lowest BCUT2D eigenvalue weighted by Crippen LogP contribution is -2.46. The van der Waals surface area contributed by atoms with E-state index in [4.69, 9.17) is 4.52 Å². The smallest absolute Gasteiger partial charge is 0.326 e. The topological polar surface area (TPSA) is 83.6 Å². The van der Waals surface area contributed by atoms with Crippen LogP contribution < -0.4 is 0 Å². The van der Waals surface area contributed by atoms with Gasteiger partial charge in [0.25, 0.3) is 0 Å². The lowest BCUT2D eigenvalue weighted by atomic mass is 9.84. The van der Waals surface area contributed by atoms with Gasteiger partial charge >= 0.3 is 5.97 Å². The fourth-order valence-electron chi connectivity index (χ4n) is 4.04. The van der Waals surface area contributed by atoms with Crippen molar-refractivity contribution in [1.82, 2.24) is 10.1 Å². The Hall–Kier alpha value is -1.85. The normalized spacial score (nSPS) is 27.7. The zero-order valence-electron chi connectivity index (χ0n) is 13.0. The Morgan fingerprint density at radius 3 is 2.68 bits per heavy atom. The summed E-state index contributed by atoms with van der Waals surface area (Å²) in [5.41, 5.74) is 1.49. The van der Waals surface area contributed by atoms with E-state index in [1.54, 1.807) is 18.7 Å². The van der Waals surface area contributed by atoms with E-state index in [1.165, 1.54) is 0 Å². The molecule has 1 saturated heterocycles. The average Bonchev–Trinajstić information content (AvgIpc) is 3.02. The number of fused-ring (bicyclic) bond motifs is 1. The summed E-state index contributed by atoms with van der Waals surface area (Å²) < 4.78 is 5.10. The second-order valence-electron chi connectivity index (χ2n) is 6.48. The molecule has 1 aromatic heterocycles. The van der Waals surface area contributed by atoms with Crippen LogP contribution in [-0.4, -0.2) is 39.1 Å². The number of amides is 1. The van der Waals surface area contributed by atoms with Gasteiger partial charge in [-0.05, 0) is 39.0 Å². The molecular weight excluding hydrogens is 284 g/mol. The number of hydrogen-bond acceptors (Lipinski definition) is 4. The molecule has 1 amide bonds. The summed E-state index contributed by atoms with van der Waals surface area (Å²) in [7, 11) is 0. The molecule has 0 unspecified atom stereocenters. The van der Waals surface area contributed by atoms with Gasteiger partial charge in [-0.3, -0.25) is 4.79 Å². The van der Waals surface area contributed by atoms with Crippen molar-refractivity contribution in [2.75, 3.05) is 0 Å². The van der Waals surface area contributed by atoms with Gasteiger partial charge in [0.15, 0.2) is 0 Å². The second kappa shape index (κ2) is 5.74. The van der Waals surface area contributed by atoms with Crippen LogP contribution in [0.25, 0.3) is 0 Å². The summed E-state index contributed by atoms with van der Waals surface area (Å²) >= 11 is 0. The highest BCUT2D eigenvalue weighted by atomic mass is 16.5. The predicted octanol–water partition coefficient (Wildman–Crippen LogP) is 2.08. The third kappa shape index (κ3) is 2.51. The zero-order valence-corrected chi connectivity index (χ0v) is 13.0. The number of aromatic nitrogens is 1. The lowest BCUT2D eigenvalue weighted by Gasteiger charge is -2.33. The molecule has 22 heavy (non-hydrogen) atoms. The molecule has 1 N–H and O–H groups in total. The molecule has 2 heterocycles. The number of hydrogen-bond donors (Lipinski definition) is 1. The highest BCUT2D eigenvalue weighted by Gasteiger charge is 2.47. The van der Waals surface area contributed by atoms with Crippen molar-refractivity contribution in [3.8, 4) is 0 Å². The molecule has 0 spiro atoms. The average molecular weight is 306 g/mol. The Morgan fingerprint density at radius 1 is 1.32 bits per heavy atom. The van der Waals surface area contributed by atoms with Gasteiger partial charge in [0.2, 0.25) is 5.91 Å². The van der Waals surface area contributed by atoms with Gasteiger partial charge in [-0.2, -0.15) is 0 Å². The van der Waals surface area contributed by atoms with Crippen LogP contribution in [0.2, 0.25) is 0 Å². The number of carbonyl (C=O) groups excluding carboxylic acids is 1. The number of nitrogens with zero attached hydrogens (tertiary/aromatic N) is 2. The molecule has 1 aromatic rings. The molecule has 120 valence electrons. The van der Waals surface area contributed by atoms with E-state index >= 15 is 0 Å². The van der Waals surface area contributed by atoms with Crippen LogP contribution in [-0.2, 0) is 16.0 Å². The summed E-state index contributed by atoms with van der Waals surface area (Å²) in [4.78, 5) is 26.0. The van der Waals surface area contributed by atoms with E-state index in [9.17, 15) is 14.7 Å². The number of likely N-dealkylation sites (tertiary alicyclic amines) is 1. The van der Waals surface area contributed by atoms with E-state index in [0.29, 0.717) is 23.8 Å². The second-order valence-corrected chi connectivity index (χ2v) is 6.48. The summed E-state index contributed by atoms with van der Waals surface area (Å²) in [6, 6.07) is -0.594. The van der Waals surface area contributed by atoms with Crippen LogP contribution in [0.5, 0.6) is 0 Å². The molecule has 2 aliphatic rings. The number of rotatable bonds is 3. The Kier molecular flexibility index (Phi) is 3.93. The number of carboxylic acids is 1. The van der Waals surface area contributed by atoms with Crippen molar-refractivity contribution in [3.05, 3.63) is 17.0 Å². The van der Waals surface area contributed by atoms with Gasteiger partial charge in [0.1, 0.15) is 11.8 Å². The molecule has 1 aliphatic carbocycles. The third-order valence-electron chi connectivity index (χ3n) is 5.17. The predicted molar refractivity (Wildman–Crippen MR) is 78.3 cm³/mol. The number of aliphatic carboxylic acids is 1. The van der Waals surface area contributed by atoms with Gasteiger partial charge < -0.3 is 14.5 Å². The number of carboxylic acid groups (broad SMARTS) is 1. The van der Waals surface area contributed by atoms with Gasteiger partial charge in [-0.1, -0.05) is 18.0 Å². The maximum Gasteiger partial charge on any atom is 0.326 e. The summed E-state index contributed by atoms with van der Waals surface area (Å²) in [5.74, 6) is -0.0294. The van der Waals surface area contributed by atoms with Crippen molar-refractivity contribution in [2.45, 2.75) is 64.5 Å². The van der Waals surface area contributed by atoms with Gasteiger partial charge in [0.05, 0.1) is 12.1 Å². The number of aryl methyl sites for hydroxylation is 2. The van der Waals surface area contributed by atoms with Crippen LogP contribution >= 0.6 is 0 Å². The first-order chi connectivity index (χ1) is 10.5. The first-order valence-electron chi connectivity index (χ1n) is 7.94. The third-order valence-corrected chi connectivity index (χ3v) is 5.17. The van der Waals surface area contributed by atoms with Crippen molar-refractivity contribution in [3.63, 3.8) is 0 Å². The monoisotopic (exact) mass is 306 g/mol. The molecule has 0 radical (unpaired) electrons. The highest BCUT2D eigenvalue weighted by molar-refractivity contribution is 5.86. The molecule has 6 nitrogen and oxygen atoms in total. The minimum atomic E-state index is -0.887. The first-order valence-corrected chi connectivity index (χ1v) is 7.94. The molecular formula is C16H22N2O4. The molecule has 3 rings (SSSR count). The van der Waals surface area contributed by atoms with Crippen molar-refractivity contribution < 1.29 is 19.2 Å². The Morgan fingerprint density at radius 2 is 2.05 bits per heavy atom. The van der Waals surface area contributed by atoms with Crippen molar-refractivity contribution >= 4 is 11.9 Å². The van der Waals surface area contributed by atoms with Crippen LogP contribution in [0.3, 0.4) is 0 Å². The maximum atomic E-state index is 12.8. The maximum absolute atomic E-state index is 12.8. The Labute approximate surface area is 129 Å². The minimum absolute atomic E-state index is 0.0859. The van der Waals surface area contributed by atoms with Gasteiger partial charge in [-0.25, -0.2) is 4.79 Å². The van der Waals surface area contributed by atoms with E-state index in [1.807, 2.05) is 0 Å². The standard InChI is InChI=1S/C16H22N2O4/c1-9-12(10(2)22-17-9)8-15(19)18-13-6-4-3-5-11(13)7-14(18)16(20)21/h11,13-14H,3-8H2,1-2H3,(H,20,21)/t11-,13+,14-/m0/s1. The largest absolute Gasteiger partial charge is 0.480 e. The quantitative estimate of drug-likeness (QED) is 0.924. The summed E-state index contributed by atoms with van der Waals surface area (Å²) in [5, 5.41) is 13.4. The zero-order chi connectivity index (χ0) is 15.9. The first kappa shape index (κ1) is 15.1. The molecule has 1 saturated carbocycles.